The molecular formula is C35H27ClFN7O2. The van der Waals surface area contributed by atoms with E-state index in [0.29, 0.717) is 56.5 Å². The monoisotopic (exact) mass is 631 g/mol. The van der Waals surface area contributed by atoms with Crippen molar-refractivity contribution in [3.05, 3.63) is 119 Å². The lowest BCUT2D eigenvalue weighted by Crippen LogP contribution is -2.42. The molecule has 2 fully saturated rings. The van der Waals surface area contributed by atoms with Gasteiger partial charge in [0.2, 0.25) is 11.7 Å². The Bertz CT molecular complexity index is 2100. The lowest BCUT2D eigenvalue weighted by atomic mass is 10.0. The van der Waals surface area contributed by atoms with Crippen LogP contribution in [0.3, 0.4) is 0 Å². The number of fused-ring (bicyclic) bond motifs is 2. The van der Waals surface area contributed by atoms with Gasteiger partial charge in [-0.15, -0.1) is 0 Å². The predicted octanol–water partition coefficient (Wildman–Crippen LogP) is 5.40. The molecule has 0 bridgehead atoms. The fourth-order valence-corrected chi connectivity index (χ4v) is 6.40. The van der Waals surface area contributed by atoms with E-state index in [2.05, 4.69) is 38.8 Å². The highest BCUT2D eigenvalue weighted by Gasteiger charge is 2.54. The Morgan fingerprint density at radius 1 is 1.02 bits per heavy atom. The molecule has 7 rings (SSSR count). The summed E-state index contributed by atoms with van der Waals surface area (Å²) in [6.07, 6.45) is 4.81. The Balaban J connectivity index is 1.12. The van der Waals surface area contributed by atoms with Gasteiger partial charge in [0.1, 0.15) is 6.54 Å². The number of anilines is 1. The van der Waals surface area contributed by atoms with Crippen LogP contribution in [0, 0.1) is 23.6 Å². The second kappa shape index (κ2) is 11.8. The highest BCUT2D eigenvalue weighted by Crippen LogP contribution is 2.49. The topological polar surface area (TPSA) is 119 Å². The first kappa shape index (κ1) is 29.2. The van der Waals surface area contributed by atoms with E-state index in [1.165, 1.54) is 4.68 Å². The Morgan fingerprint density at radius 3 is 2.59 bits per heavy atom. The molecule has 0 radical (unpaired) electrons. The fraction of sp³-hybridized carbons (Fsp3) is 0.171. The van der Waals surface area contributed by atoms with Crippen LogP contribution in [0.15, 0.2) is 91.4 Å². The van der Waals surface area contributed by atoms with Gasteiger partial charge < -0.3 is 16.0 Å². The summed E-state index contributed by atoms with van der Waals surface area (Å²) in [6, 6.07) is 18.8. The van der Waals surface area contributed by atoms with Crippen LogP contribution in [0.4, 0.5) is 10.1 Å². The normalized spacial score (nSPS) is 18.0. The molecule has 9 nitrogen and oxygen atoms in total. The minimum absolute atomic E-state index is 0.0460. The minimum Gasteiger partial charge on any atom is -0.364 e. The van der Waals surface area contributed by atoms with E-state index in [1.54, 1.807) is 79.1 Å². The van der Waals surface area contributed by atoms with Gasteiger partial charge >= 0.3 is 0 Å². The van der Waals surface area contributed by atoms with Crippen LogP contribution in [0.5, 0.6) is 0 Å². The van der Waals surface area contributed by atoms with E-state index in [1.807, 2.05) is 4.90 Å². The van der Waals surface area contributed by atoms with E-state index < -0.39 is 11.7 Å². The first-order valence-electron chi connectivity index (χ1n) is 14.7. The molecule has 1 aliphatic heterocycles. The van der Waals surface area contributed by atoms with Crippen molar-refractivity contribution < 1.29 is 14.0 Å². The molecule has 11 heteroatoms. The molecular weight excluding hydrogens is 605 g/mol. The lowest BCUT2D eigenvalue weighted by Gasteiger charge is -2.30. The van der Waals surface area contributed by atoms with Crippen LogP contribution in [0.25, 0.3) is 22.0 Å². The Kier molecular flexibility index (Phi) is 7.47. The summed E-state index contributed by atoms with van der Waals surface area (Å²) in [5.74, 6) is 5.23. The minimum atomic E-state index is -0.715. The molecule has 0 spiro atoms. The maximum absolute atomic E-state index is 15.7. The number of hydrogen-bond acceptors (Lipinski definition) is 6. The number of halogens is 2. The van der Waals surface area contributed by atoms with Gasteiger partial charge in [0.05, 0.1) is 17.2 Å². The number of carbonyl (C=O) groups is 2. The number of benzene rings is 3. The molecule has 2 aromatic heterocycles. The summed E-state index contributed by atoms with van der Waals surface area (Å²) >= 11 is 6.34. The summed E-state index contributed by atoms with van der Waals surface area (Å²) in [6.45, 7) is 4.10. The Morgan fingerprint density at radius 2 is 1.80 bits per heavy atom. The van der Waals surface area contributed by atoms with Gasteiger partial charge in [-0.05, 0) is 61.1 Å². The quantitative estimate of drug-likeness (QED) is 0.232. The van der Waals surface area contributed by atoms with Crippen molar-refractivity contribution >= 4 is 40.0 Å². The summed E-state index contributed by atoms with van der Waals surface area (Å²) in [4.78, 5) is 36.2. The number of rotatable bonds is 7. The van der Waals surface area contributed by atoms with E-state index >= 15 is 4.39 Å². The SMILES string of the molecule is C=C(Nc1cccc(-c2ccccc2Cl)c1F)[C@@H]1C[C@H]2C[C@H]2N1C(=O)Cn1nc(C(N)=O)c2cc(C#Cc3ncccn3)ccc21. The number of nitrogens with two attached hydrogens (primary N) is 1. The van der Waals surface area contributed by atoms with Crippen molar-refractivity contribution in [3.63, 3.8) is 0 Å². The second-order valence-electron chi connectivity index (χ2n) is 11.3. The molecule has 1 aliphatic carbocycles. The van der Waals surface area contributed by atoms with Crippen molar-refractivity contribution in [2.45, 2.75) is 31.5 Å². The average Bonchev–Trinajstić information content (AvgIpc) is 3.56. The maximum Gasteiger partial charge on any atom is 0.269 e. The summed E-state index contributed by atoms with van der Waals surface area (Å²) in [5, 5.41) is 8.49. The van der Waals surface area contributed by atoms with Crippen LogP contribution in [-0.2, 0) is 11.3 Å². The number of carbonyl (C=O) groups excluding carboxylic acids is 2. The van der Waals surface area contributed by atoms with E-state index in [9.17, 15) is 9.59 Å². The summed E-state index contributed by atoms with van der Waals surface area (Å²) in [7, 11) is 0. The molecule has 3 heterocycles. The van der Waals surface area contributed by atoms with Crippen LogP contribution < -0.4 is 11.1 Å². The number of nitrogens with zero attached hydrogens (tertiary/aromatic N) is 5. The smallest absolute Gasteiger partial charge is 0.269 e. The zero-order chi connectivity index (χ0) is 31.9. The van der Waals surface area contributed by atoms with Crippen LogP contribution in [-0.4, -0.2) is 48.5 Å². The molecule has 3 atom stereocenters. The molecule has 0 unspecified atom stereocenters. The van der Waals surface area contributed by atoms with Gasteiger partial charge in [-0.3, -0.25) is 14.3 Å². The van der Waals surface area contributed by atoms with Crippen molar-refractivity contribution in [1.29, 1.82) is 0 Å². The molecule has 2 aliphatic rings. The van der Waals surface area contributed by atoms with Crippen molar-refractivity contribution in [1.82, 2.24) is 24.6 Å². The van der Waals surface area contributed by atoms with E-state index in [0.717, 1.165) is 6.42 Å². The van der Waals surface area contributed by atoms with Gasteiger partial charge in [-0.2, -0.15) is 5.10 Å². The zero-order valence-corrected chi connectivity index (χ0v) is 25.2. The molecule has 228 valence electrons. The highest BCUT2D eigenvalue weighted by atomic mass is 35.5. The molecule has 3 N–H and O–H groups in total. The highest BCUT2D eigenvalue weighted by molar-refractivity contribution is 6.33. The molecule has 5 aromatic rings. The zero-order valence-electron chi connectivity index (χ0n) is 24.5. The van der Waals surface area contributed by atoms with Crippen LogP contribution in [0.1, 0.15) is 34.7 Å². The number of hydrogen-bond donors (Lipinski definition) is 2. The Labute approximate surface area is 268 Å². The van der Waals surface area contributed by atoms with Gasteiger partial charge in [-0.25, -0.2) is 14.4 Å². The molecule has 1 saturated carbocycles. The number of amides is 2. The van der Waals surface area contributed by atoms with E-state index in [-0.39, 0.29) is 35.9 Å². The van der Waals surface area contributed by atoms with Crippen molar-refractivity contribution in [2.75, 3.05) is 5.32 Å². The first-order chi connectivity index (χ1) is 22.3. The third-order valence-corrected chi connectivity index (χ3v) is 8.74. The van der Waals surface area contributed by atoms with Crippen molar-refractivity contribution in [3.8, 4) is 23.0 Å². The number of nitrogens with one attached hydrogen (secondary N) is 1. The van der Waals surface area contributed by atoms with Gasteiger partial charge in [0.25, 0.3) is 5.91 Å². The third-order valence-electron chi connectivity index (χ3n) is 8.41. The van der Waals surface area contributed by atoms with Gasteiger partial charge in [-0.1, -0.05) is 54.4 Å². The number of primary amides is 1. The number of aromatic nitrogens is 4. The number of piperidine rings is 1. The van der Waals surface area contributed by atoms with Gasteiger partial charge in [0.15, 0.2) is 11.5 Å². The lowest BCUT2D eigenvalue weighted by molar-refractivity contribution is -0.133. The largest absolute Gasteiger partial charge is 0.364 e. The maximum atomic E-state index is 15.7. The van der Waals surface area contributed by atoms with E-state index in [4.69, 9.17) is 17.3 Å². The number of likely N-dealkylation sites (tertiary alicyclic amines) is 1. The third kappa shape index (κ3) is 5.46. The van der Waals surface area contributed by atoms with Gasteiger partial charge in [0, 0.05) is 51.2 Å². The predicted molar refractivity (Wildman–Crippen MR) is 173 cm³/mol. The van der Waals surface area contributed by atoms with Crippen LogP contribution in [0.2, 0.25) is 5.02 Å². The molecule has 2 amide bonds. The average molecular weight is 632 g/mol. The molecule has 3 aromatic carbocycles. The van der Waals surface area contributed by atoms with Crippen molar-refractivity contribution in [2.24, 2.45) is 11.7 Å². The van der Waals surface area contributed by atoms with Crippen LogP contribution >= 0.6 is 11.6 Å². The first-order valence-corrected chi connectivity index (χ1v) is 15.1. The molecule has 46 heavy (non-hydrogen) atoms. The molecule has 1 saturated heterocycles. The Hall–Kier alpha value is -5.53. The fourth-order valence-electron chi connectivity index (χ4n) is 6.16. The summed E-state index contributed by atoms with van der Waals surface area (Å²) in [5.41, 5.74) is 8.61. The summed E-state index contributed by atoms with van der Waals surface area (Å²) < 4.78 is 17.2. The second-order valence-corrected chi connectivity index (χ2v) is 11.7. The standard InChI is InChI=1S/C35H27ClFN7O2/c1-20(41-27-9-4-7-24(33(27)37)23-6-2-3-8-26(23)36)29-17-22-18-30(22)44(29)32(45)19-43-28-12-10-21(11-13-31-39-14-5-15-40-31)16-25(28)34(42-43)35(38)46/h2-10,12,14-16,22,29-30,41H,1,17-19H2,(H2,38,46)/t22-,29-,30+/m0/s1.